The van der Waals surface area contributed by atoms with Crippen molar-refractivity contribution >= 4 is 67.8 Å². The molecule has 0 aliphatic heterocycles. The van der Waals surface area contributed by atoms with Crippen LogP contribution in [0, 0.1) is 10.7 Å². The molecule has 45 heavy (non-hydrogen) atoms. The predicted molar refractivity (Wildman–Crippen MR) is 216 cm³/mol. The second-order valence-electron chi connectivity index (χ2n) is 12.7. The molecule has 0 unspecified atom stereocenters. The summed E-state index contributed by atoms with van der Waals surface area (Å²) in [6.45, 7) is 14.7. The maximum absolute atomic E-state index is 2.54. The monoisotopic (exact) mass is 942 g/mol. The smallest absolute Gasteiger partial charge is 0.0216 e. The van der Waals surface area contributed by atoms with Crippen molar-refractivity contribution in [1.29, 1.82) is 0 Å². The largest absolute Gasteiger partial charge is 0.412 e. The Morgan fingerprint density at radius 1 is 0.400 bits per heavy atom. The molecule has 4 aromatic carbocycles. The molecule has 0 saturated heterocycles. The summed E-state index contributed by atoms with van der Waals surface area (Å²) in [5.74, 6) is 0. The first-order valence-electron chi connectivity index (χ1n) is 15.9. The number of benzene rings is 4. The summed E-state index contributed by atoms with van der Waals surface area (Å²) >= 11 is 7.62. The molecule has 3 nitrogen and oxygen atoms in total. The van der Waals surface area contributed by atoms with Gasteiger partial charge in [-0.1, -0.05) is 59.7 Å². The van der Waals surface area contributed by atoms with Crippen LogP contribution in [-0.2, 0) is 16.2 Å². The molecule has 240 valence electrons. The van der Waals surface area contributed by atoms with Crippen LogP contribution in [0.4, 0.5) is 0 Å². The van der Waals surface area contributed by atoms with Crippen LogP contribution in [0.3, 0.4) is 0 Å². The minimum absolute atomic E-state index is 0. The summed E-state index contributed by atoms with van der Waals surface area (Å²) in [6.07, 6.45) is 6.73. The minimum atomic E-state index is 0. The van der Waals surface area contributed by atoms with Gasteiger partial charge in [0, 0.05) is 27.0 Å². The van der Waals surface area contributed by atoms with Crippen molar-refractivity contribution in [3.63, 3.8) is 0 Å². The van der Waals surface area contributed by atoms with Gasteiger partial charge in [0.2, 0.25) is 0 Å². The van der Waals surface area contributed by atoms with Crippen LogP contribution in [0.1, 0.15) is 113 Å². The maximum Gasteiger partial charge on any atom is 0.0216 e. The number of hydrogen-bond donors (Lipinski definition) is 0. The molecule has 3 aliphatic carbocycles. The Bertz CT molecular complexity index is 1570. The highest BCUT2D eigenvalue weighted by atomic mass is 127. The zero-order chi connectivity index (χ0) is 29.8. The molecule has 0 amide bonds. The highest BCUT2D eigenvalue weighted by Gasteiger charge is 2.56. The first-order chi connectivity index (χ1) is 20.2. The molecule has 0 radical (unpaired) electrons. The maximum atomic E-state index is 2.54. The number of fused-ring (bicyclic) bond motifs is 12. The van der Waals surface area contributed by atoms with Gasteiger partial charge in [-0.25, -0.2) is 0 Å². The lowest BCUT2D eigenvalue weighted by molar-refractivity contribution is 0.473. The van der Waals surface area contributed by atoms with Gasteiger partial charge in [0.25, 0.3) is 0 Å². The average molecular weight is 942 g/mol. The Morgan fingerprint density at radius 2 is 0.622 bits per heavy atom. The lowest BCUT2D eigenvalue weighted by Crippen LogP contribution is -2.29. The molecule has 0 spiro atoms. The molecule has 6 heteroatoms. The van der Waals surface area contributed by atoms with Gasteiger partial charge >= 0.3 is 0 Å². The van der Waals surface area contributed by atoms with E-state index >= 15 is 0 Å². The van der Waals surface area contributed by atoms with Crippen molar-refractivity contribution in [3.05, 3.63) is 98.7 Å². The molecule has 6 N–H and O–H groups in total. The van der Waals surface area contributed by atoms with E-state index in [0.717, 1.165) is 38.5 Å². The van der Waals surface area contributed by atoms with Crippen LogP contribution in [0.25, 0.3) is 33.4 Å². The van der Waals surface area contributed by atoms with Gasteiger partial charge in [0.15, 0.2) is 0 Å². The normalized spacial score (nSPS) is 16.2. The lowest BCUT2D eigenvalue weighted by Gasteiger charge is -2.37. The van der Waals surface area contributed by atoms with E-state index in [1.807, 2.05) is 0 Å². The minimum Gasteiger partial charge on any atom is -0.412 e. The van der Waals surface area contributed by atoms with E-state index in [-0.39, 0.29) is 32.7 Å². The third-order valence-electron chi connectivity index (χ3n) is 11.9. The van der Waals surface area contributed by atoms with Crippen LogP contribution < -0.4 is 0 Å². The Balaban J connectivity index is 0.00000154. The van der Waals surface area contributed by atoms with Gasteiger partial charge < -0.3 is 16.4 Å². The third kappa shape index (κ3) is 4.40. The molecular weight excluding hydrogens is 897 g/mol. The Kier molecular flexibility index (Phi) is 10.4. The highest BCUT2D eigenvalue weighted by Crippen LogP contribution is 2.70. The average Bonchev–Trinajstić information content (AvgIpc) is 3.56. The summed E-state index contributed by atoms with van der Waals surface area (Å²) in [5, 5.41) is 0. The topological polar surface area (TPSA) is 94.5 Å². The van der Waals surface area contributed by atoms with E-state index in [9.17, 15) is 0 Å². The molecule has 0 saturated carbocycles. The van der Waals surface area contributed by atoms with E-state index in [4.69, 9.17) is 0 Å². The van der Waals surface area contributed by atoms with Crippen LogP contribution in [0.2, 0.25) is 0 Å². The Labute approximate surface area is 309 Å². The lowest BCUT2D eigenvalue weighted by atomic mass is 9.65. The van der Waals surface area contributed by atoms with Gasteiger partial charge in [-0.05, 0) is 209 Å². The quantitative estimate of drug-likeness (QED) is 0.172. The molecule has 7 rings (SSSR count). The second kappa shape index (κ2) is 12.8. The molecule has 0 aromatic heterocycles. The van der Waals surface area contributed by atoms with Gasteiger partial charge in [-0.3, -0.25) is 0 Å². The fourth-order valence-electron chi connectivity index (χ4n) is 9.74. The first-order valence-corrected chi connectivity index (χ1v) is 19.1. The highest BCUT2D eigenvalue weighted by molar-refractivity contribution is 14.1. The Morgan fingerprint density at radius 3 is 0.822 bits per heavy atom. The summed E-state index contributed by atoms with van der Waals surface area (Å²) in [6, 6.07) is 22.1. The SMILES string of the molecule is CCC1(CC)c2cc(I)ccc2-c2c1c1c(c3c2C(CC)(CC)c2cc(I)ccc2-3)C(CC)(CC)c2cc(I)ccc2-1.O.O.O. The summed E-state index contributed by atoms with van der Waals surface area (Å²) in [7, 11) is 0. The number of rotatable bonds is 6. The van der Waals surface area contributed by atoms with Crippen molar-refractivity contribution in [2.45, 2.75) is 96.3 Å². The molecular formula is C39H45I3O3. The number of hydrogen-bond acceptors (Lipinski definition) is 0. The molecule has 0 heterocycles. The molecule has 0 bridgehead atoms. The predicted octanol–water partition coefficient (Wildman–Crippen LogP) is 10.3. The summed E-state index contributed by atoms with van der Waals surface area (Å²) in [5.41, 5.74) is 18.9. The second-order valence-corrected chi connectivity index (χ2v) is 16.4. The third-order valence-corrected chi connectivity index (χ3v) is 13.9. The zero-order valence-corrected chi connectivity index (χ0v) is 33.5. The van der Waals surface area contributed by atoms with Gasteiger partial charge in [-0.2, -0.15) is 0 Å². The van der Waals surface area contributed by atoms with Crippen molar-refractivity contribution < 1.29 is 16.4 Å². The van der Waals surface area contributed by atoms with E-state index in [0.29, 0.717) is 0 Å². The fraction of sp³-hybridized carbons (Fsp3) is 0.385. The van der Waals surface area contributed by atoms with Crippen molar-refractivity contribution in [1.82, 2.24) is 0 Å². The molecule has 0 atom stereocenters. The van der Waals surface area contributed by atoms with E-state index in [1.54, 1.807) is 50.1 Å². The molecule has 0 fully saturated rings. The van der Waals surface area contributed by atoms with E-state index < -0.39 is 0 Å². The van der Waals surface area contributed by atoms with E-state index in [1.165, 1.54) is 27.4 Å². The van der Waals surface area contributed by atoms with Crippen molar-refractivity contribution in [2.75, 3.05) is 0 Å². The zero-order valence-electron chi connectivity index (χ0n) is 27.1. The van der Waals surface area contributed by atoms with Crippen LogP contribution in [0.15, 0.2) is 54.6 Å². The van der Waals surface area contributed by atoms with Gasteiger partial charge in [0.1, 0.15) is 0 Å². The standard InChI is InChI=1S/C39H39I3.3H2O/c1-7-37(8-2)28-19-22(40)13-16-25(28)31-34(37)32-26-17-14-23(41)20-29(26)38(9-3,10-4)36(32)33-27-18-15-24(42)21-30(27)39(11-5,12-6)35(31)33;;;/h13-21H,7-12H2,1-6H3;3*1H2. The van der Waals surface area contributed by atoms with Crippen LogP contribution >= 0.6 is 67.8 Å². The van der Waals surface area contributed by atoms with Crippen molar-refractivity contribution in [2.24, 2.45) is 0 Å². The molecule has 4 aromatic rings. The van der Waals surface area contributed by atoms with Crippen LogP contribution in [-0.4, -0.2) is 16.4 Å². The number of halogens is 3. The Hall–Kier alpha value is -1.05. The fourth-order valence-corrected chi connectivity index (χ4v) is 11.2. The summed E-state index contributed by atoms with van der Waals surface area (Å²) < 4.78 is 4.04. The van der Waals surface area contributed by atoms with Gasteiger partial charge in [0.05, 0.1) is 0 Å². The molecule has 3 aliphatic rings. The van der Waals surface area contributed by atoms with Gasteiger partial charge in [-0.15, -0.1) is 0 Å². The van der Waals surface area contributed by atoms with Crippen molar-refractivity contribution in [3.8, 4) is 33.4 Å². The summed E-state index contributed by atoms with van der Waals surface area (Å²) in [4.78, 5) is 0. The van der Waals surface area contributed by atoms with E-state index in [2.05, 4.69) is 164 Å². The first kappa shape index (κ1) is 36.8. The van der Waals surface area contributed by atoms with Crippen LogP contribution in [0.5, 0.6) is 0 Å².